The average Bonchev–Trinajstić information content (AvgIpc) is 3.26. The van der Waals surface area contributed by atoms with Gasteiger partial charge in [-0.15, -0.1) is 28.5 Å². The predicted octanol–water partition coefficient (Wildman–Crippen LogP) is 3.19. The number of likely N-dealkylation sites (N-methyl/N-ethyl adjacent to an activating group) is 1. The smallest absolute Gasteiger partial charge is 0.486 e. The predicted molar refractivity (Wildman–Crippen MR) is 125 cm³/mol. The number of hydrogen-bond acceptors (Lipinski definition) is 8. The number of carbonyl (C=O) groups excluding carboxylic acids is 1. The van der Waals surface area contributed by atoms with Crippen LogP contribution < -0.4 is 19.7 Å². The normalized spacial score (nSPS) is 16.6. The minimum Gasteiger partial charge on any atom is -0.486 e. The molecule has 0 atom stereocenters. The molecule has 1 amide bonds. The van der Waals surface area contributed by atoms with Crippen LogP contribution in [0, 0.1) is 5.92 Å². The molecule has 1 fully saturated rings. The number of hydrogen-bond donors (Lipinski definition) is 1. The van der Waals surface area contributed by atoms with E-state index in [1.807, 2.05) is 16.8 Å². The Morgan fingerprint density at radius 2 is 2.00 bits per heavy atom. The van der Waals surface area contributed by atoms with Gasteiger partial charge in [-0.2, -0.15) is 4.52 Å². The summed E-state index contributed by atoms with van der Waals surface area (Å²) in [4.78, 5) is 15.5. The van der Waals surface area contributed by atoms with Crippen LogP contribution in [0.3, 0.4) is 0 Å². The first-order valence-corrected chi connectivity index (χ1v) is 11.7. The molecule has 1 saturated heterocycles. The highest BCUT2D eigenvalue weighted by Crippen LogP contribution is 2.40. The van der Waals surface area contributed by atoms with Crippen LogP contribution in [0.15, 0.2) is 24.3 Å². The fourth-order valence-electron chi connectivity index (χ4n) is 4.58. The van der Waals surface area contributed by atoms with Crippen LogP contribution in [0.2, 0.25) is 0 Å². The number of rotatable bonds is 5. The molecular formula is C23H26F3N7O3. The van der Waals surface area contributed by atoms with Crippen LogP contribution in [0.5, 0.6) is 11.5 Å². The van der Waals surface area contributed by atoms with E-state index >= 15 is 0 Å². The number of carbonyl (C=O) groups is 1. The van der Waals surface area contributed by atoms with Gasteiger partial charge >= 0.3 is 6.36 Å². The van der Waals surface area contributed by atoms with Gasteiger partial charge in [-0.25, -0.2) is 0 Å². The zero-order valence-electron chi connectivity index (χ0n) is 19.9. The number of anilines is 2. The summed E-state index contributed by atoms with van der Waals surface area (Å²) in [6.45, 7) is 4.79. The summed E-state index contributed by atoms with van der Waals surface area (Å²) >= 11 is 0. The van der Waals surface area contributed by atoms with Gasteiger partial charge in [0.15, 0.2) is 17.4 Å². The third kappa shape index (κ3) is 4.82. The van der Waals surface area contributed by atoms with Gasteiger partial charge in [-0.1, -0.05) is 12.1 Å². The lowest BCUT2D eigenvalue weighted by Gasteiger charge is -2.32. The molecule has 0 aliphatic carbocycles. The zero-order valence-corrected chi connectivity index (χ0v) is 19.9. The summed E-state index contributed by atoms with van der Waals surface area (Å²) in [7, 11) is 1.94. The lowest BCUT2D eigenvalue weighted by atomic mass is 9.97. The zero-order chi connectivity index (χ0) is 25.4. The van der Waals surface area contributed by atoms with Crippen LogP contribution in [0.25, 0.3) is 17.0 Å². The highest BCUT2D eigenvalue weighted by atomic mass is 19.4. The molecule has 5 rings (SSSR count). The summed E-state index contributed by atoms with van der Waals surface area (Å²) in [6, 6.07) is 5.53. The highest BCUT2D eigenvalue weighted by molar-refractivity contribution is 5.82. The minimum absolute atomic E-state index is 0.0891. The maximum absolute atomic E-state index is 12.7. The third-order valence-corrected chi connectivity index (χ3v) is 6.48. The van der Waals surface area contributed by atoms with E-state index in [4.69, 9.17) is 9.84 Å². The summed E-state index contributed by atoms with van der Waals surface area (Å²) in [5.41, 5.74) is 1.49. The van der Waals surface area contributed by atoms with Gasteiger partial charge in [0.25, 0.3) is 0 Å². The number of nitrogens with one attached hydrogen (secondary N) is 1. The van der Waals surface area contributed by atoms with Crippen molar-refractivity contribution < 1.29 is 27.4 Å². The number of alkyl halides is 3. The molecule has 0 unspecified atom stereocenters. The first-order chi connectivity index (χ1) is 17.2. The molecule has 36 heavy (non-hydrogen) atoms. The summed E-state index contributed by atoms with van der Waals surface area (Å²) in [6.07, 6.45) is -3.04. The van der Waals surface area contributed by atoms with E-state index in [1.54, 1.807) is 13.0 Å². The van der Waals surface area contributed by atoms with Gasteiger partial charge in [0, 0.05) is 39.2 Å². The molecule has 0 bridgehead atoms. The van der Waals surface area contributed by atoms with Crippen LogP contribution in [0.1, 0.15) is 19.8 Å². The van der Waals surface area contributed by atoms with Crippen molar-refractivity contribution in [1.29, 1.82) is 0 Å². The molecule has 2 aliphatic rings. The van der Waals surface area contributed by atoms with Crippen molar-refractivity contribution in [2.75, 3.05) is 50.1 Å². The number of fused-ring (bicyclic) bond motifs is 3. The number of amides is 1. The van der Waals surface area contributed by atoms with Crippen molar-refractivity contribution >= 4 is 23.1 Å². The van der Waals surface area contributed by atoms with Crippen LogP contribution in [0.4, 0.5) is 24.7 Å². The lowest BCUT2D eigenvalue weighted by Crippen LogP contribution is -2.38. The molecule has 13 heteroatoms. The molecule has 3 aromatic rings. The monoisotopic (exact) mass is 505 g/mol. The molecule has 192 valence electrons. The van der Waals surface area contributed by atoms with E-state index < -0.39 is 6.36 Å². The van der Waals surface area contributed by atoms with Crippen LogP contribution in [-0.2, 0) is 4.79 Å². The van der Waals surface area contributed by atoms with Crippen molar-refractivity contribution in [3.63, 3.8) is 0 Å². The quantitative estimate of drug-likeness (QED) is 0.565. The number of benzene rings is 1. The molecule has 2 aliphatic heterocycles. The van der Waals surface area contributed by atoms with Crippen molar-refractivity contribution in [1.82, 2.24) is 24.7 Å². The fraction of sp³-hybridized carbons (Fsp3) is 0.478. The second kappa shape index (κ2) is 9.36. The largest absolute Gasteiger partial charge is 0.573 e. The number of halogens is 3. The van der Waals surface area contributed by atoms with Gasteiger partial charge in [-0.05, 0) is 30.9 Å². The Balaban J connectivity index is 1.47. The molecule has 0 radical (unpaired) electrons. The number of aromatic nitrogens is 4. The maximum atomic E-state index is 12.7. The van der Waals surface area contributed by atoms with Gasteiger partial charge < -0.3 is 24.6 Å². The summed E-state index contributed by atoms with van der Waals surface area (Å²) in [5.74, 6) is 1.42. The summed E-state index contributed by atoms with van der Waals surface area (Å²) in [5, 5.41) is 16.6. The first kappa shape index (κ1) is 23.9. The van der Waals surface area contributed by atoms with Crippen molar-refractivity contribution in [2.24, 2.45) is 5.92 Å². The number of ether oxygens (including phenoxy) is 2. The molecule has 0 spiro atoms. The standard InChI is InChI=1S/C23H26F3N7O3/c1-14(34)32-8-6-15(7-9-32)13-27-20-18-19(35-11-10-31(18)2)22-29-28-21(33(22)30-20)16-4-3-5-17(12-16)36-23(24,25)26/h3-5,12,15H,6-11,13H2,1-2H3,(H,27,30). The van der Waals surface area contributed by atoms with Gasteiger partial charge in [0.1, 0.15) is 18.0 Å². The maximum Gasteiger partial charge on any atom is 0.573 e. The molecule has 4 heterocycles. The van der Waals surface area contributed by atoms with Gasteiger partial charge in [0.2, 0.25) is 11.6 Å². The van der Waals surface area contributed by atoms with Crippen molar-refractivity contribution in [3.05, 3.63) is 24.3 Å². The van der Waals surface area contributed by atoms with E-state index in [0.29, 0.717) is 48.4 Å². The molecule has 2 aromatic heterocycles. The molecule has 1 N–H and O–H groups in total. The Bertz CT molecular complexity index is 1270. The van der Waals surface area contributed by atoms with E-state index in [1.165, 1.54) is 22.7 Å². The molecule has 1 aromatic carbocycles. The fourth-order valence-corrected chi connectivity index (χ4v) is 4.58. The van der Waals surface area contributed by atoms with E-state index in [0.717, 1.165) is 31.6 Å². The Kier molecular flexibility index (Phi) is 6.22. The van der Waals surface area contributed by atoms with Crippen LogP contribution >= 0.6 is 0 Å². The Morgan fingerprint density at radius 3 is 2.72 bits per heavy atom. The first-order valence-electron chi connectivity index (χ1n) is 11.7. The molecule has 0 saturated carbocycles. The number of likely N-dealkylation sites (tertiary alicyclic amines) is 1. The SMILES string of the molecule is CC(=O)N1CCC(CNc2nn3c(-c4cccc(OC(F)(F)F)c4)nnc3c3c2N(C)CCO3)CC1. The number of nitrogens with zero attached hydrogens (tertiary/aromatic N) is 6. The van der Waals surface area contributed by atoms with Crippen molar-refractivity contribution in [2.45, 2.75) is 26.1 Å². The van der Waals surface area contributed by atoms with Gasteiger partial charge in [-0.3, -0.25) is 4.79 Å². The average molecular weight is 506 g/mol. The summed E-state index contributed by atoms with van der Waals surface area (Å²) < 4.78 is 49.7. The Hall–Kier alpha value is -3.77. The molecular weight excluding hydrogens is 479 g/mol. The lowest BCUT2D eigenvalue weighted by molar-refractivity contribution is -0.274. The topological polar surface area (TPSA) is 97.1 Å². The number of piperidine rings is 1. The second-order valence-corrected chi connectivity index (χ2v) is 8.96. The Morgan fingerprint density at radius 1 is 1.22 bits per heavy atom. The van der Waals surface area contributed by atoms with Gasteiger partial charge in [0.05, 0.1) is 6.54 Å². The second-order valence-electron chi connectivity index (χ2n) is 8.96. The van der Waals surface area contributed by atoms with Crippen LogP contribution in [-0.4, -0.2) is 76.8 Å². The third-order valence-electron chi connectivity index (χ3n) is 6.48. The minimum atomic E-state index is -4.81. The Labute approximate surface area is 205 Å². The van der Waals surface area contributed by atoms with Crippen molar-refractivity contribution in [3.8, 4) is 22.9 Å². The van der Waals surface area contributed by atoms with E-state index in [9.17, 15) is 18.0 Å². The highest BCUT2D eigenvalue weighted by Gasteiger charge is 2.32. The van der Waals surface area contributed by atoms with E-state index in [-0.39, 0.29) is 17.5 Å². The molecule has 10 nitrogen and oxygen atoms in total. The van der Waals surface area contributed by atoms with E-state index in [2.05, 4.69) is 20.3 Å².